The fourth-order valence-electron chi connectivity index (χ4n) is 2.63. The number of ether oxygens (including phenoxy) is 1. The summed E-state index contributed by atoms with van der Waals surface area (Å²) in [6, 6.07) is 7.88. The molecule has 0 saturated carbocycles. The first-order valence-electron chi connectivity index (χ1n) is 7.95. The second kappa shape index (κ2) is 10.6. The molecule has 1 aromatic carbocycles. The summed E-state index contributed by atoms with van der Waals surface area (Å²) in [4.78, 5) is 12.0. The second-order valence-corrected chi connectivity index (χ2v) is 5.61. The summed E-state index contributed by atoms with van der Waals surface area (Å²) in [5.41, 5.74) is 2.00. The van der Waals surface area contributed by atoms with E-state index >= 15 is 0 Å². The molecule has 0 radical (unpaired) electrons. The summed E-state index contributed by atoms with van der Waals surface area (Å²) in [6.45, 7) is 5.51. The van der Waals surface area contributed by atoms with Gasteiger partial charge in [-0.25, -0.2) is 0 Å². The molecule has 124 valence electrons. The van der Waals surface area contributed by atoms with Gasteiger partial charge in [0.1, 0.15) is 0 Å². The fourth-order valence-corrected chi connectivity index (χ4v) is 2.63. The third kappa shape index (κ3) is 6.77. The predicted molar refractivity (Wildman–Crippen MR) is 92.5 cm³/mol. The summed E-state index contributed by atoms with van der Waals surface area (Å²) in [7, 11) is 0. The van der Waals surface area contributed by atoms with Crippen LogP contribution in [0, 0.1) is 5.92 Å². The zero-order valence-corrected chi connectivity index (χ0v) is 14.1. The minimum Gasteiger partial charge on any atom is -0.377 e. The number of benzene rings is 1. The van der Waals surface area contributed by atoms with Gasteiger partial charge in [0.2, 0.25) is 5.91 Å². The first-order valence-corrected chi connectivity index (χ1v) is 7.95. The highest BCUT2D eigenvalue weighted by Crippen LogP contribution is 2.18. The van der Waals surface area contributed by atoms with E-state index in [0.29, 0.717) is 18.9 Å². The maximum absolute atomic E-state index is 12.0. The van der Waals surface area contributed by atoms with Gasteiger partial charge in [-0.15, -0.1) is 12.4 Å². The Balaban J connectivity index is 0.00000242. The van der Waals surface area contributed by atoms with Gasteiger partial charge in [-0.1, -0.05) is 12.1 Å². The highest BCUT2D eigenvalue weighted by molar-refractivity contribution is 5.90. The minimum absolute atomic E-state index is 0. The van der Waals surface area contributed by atoms with Crippen molar-refractivity contribution >= 4 is 24.0 Å². The summed E-state index contributed by atoms with van der Waals surface area (Å²) >= 11 is 0. The molecule has 1 aliphatic heterocycles. The van der Waals surface area contributed by atoms with E-state index in [1.165, 1.54) is 12.8 Å². The van der Waals surface area contributed by atoms with Crippen molar-refractivity contribution in [1.82, 2.24) is 5.32 Å². The van der Waals surface area contributed by atoms with Crippen LogP contribution in [0.2, 0.25) is 0 Å². The van der Waals surface area contributed by atoms with E-state index < -0.39 is 0 Å². The lowest BCUT2D eigenvalue weighted by molar-refractivity contribution is -0.116. The van der Waals surface area contributed by atoms with Gasteiger partial charge in [-0.3, -0.25) is 4.79 Å². The van der Waals surface area contributed by atoms with Gasteiger partial charge in [0, 0.05) is 18.7 Å². The number of anilines is 1. The molecule has 1 aromatic rings. The molecule has 1 amide bonds. The largest absolute Gasteiger partial charge is 0.377 e. The number of piperidine rings is 1. The number of carbonyl (C=O) groups excluding carboxylic acids is 1. The van der Waals surface area contributed by atoms with Crippen LogP contribution >= 0.6 is 12.4 Å². The van der Waals surface area contributed by atoms with E-state index in [2.05, 4.69) is 10.6 Å². The van der Waals surface area contributed by atoms with Crippen LogP contribution in [-0.4, -0.2) is 25.6 Å². The molecular formula is C17H27ClN2O2. The highest BCUT2D eigenvalue weighted by Gasteiger charge is 2.14. The highest BCUT2D eigenvalue weighted by atomic mass is 35.5. The first-order chi connectivity index (χ1) is 10.3. The van der Waals surface area contributed by atoms with Crippen molar-refractivity contribution in [3.8, 4) is 0 Å². The molecule has 0 bridgehead atoms. The third-order valence-corrected chi connectivity index (χ3v) is 3.95. The Bertz CT molecular complexity index is 431. The van der Waals surface area contributed by atoms with Crippen LogP contribution in [0.15, 0.2) is 24.3 Å². The van der Waals surface area contributed by atoms with Gasteiger partial charge in [0.25, 0.3) is 0 Å². The molecule has 1 fully saturated rings. The summed E-state index contributed by atoms with van der Waals surface area (Å²) in [5, 5.41) is 6.32. The summed E-state index contributed by atoms with van der Waals surface area (Å²) in [5.74, 6) is 0.816. The van der Waals surface area contributed by atoms with E-state index in [4.69, 9.17) is 4.74 Å². The fraction of sp³-hybridized carbons (Fsp3) is 0.588. The Kier molecular flexibility index (Phi) is 9.13. The first kappa shape index (κ1) is 18.9. The van der Waals surface area contributed by atoms with Crippen molar-refractivity contribution in [2.75, 3.05) is 25.0 Å². The molecule has 2 rings (SSSR count). The Morgan fingerprint density at radius 3 is 2.59 bits per heavy atom. The summed E-state index contributed by atoms with van der Waals surface area (Å²) < 4.78 is 5.35. The van der Waals surface area contributed by atoms with E-state index in [-0.39, 0.29) is 18.3 Å². The molecular weight excluding hydrogens is 300 g/mol. The lowest BCUT2D eigenvalue weighted by atomic mass is 9.93. The number of amides is 1. The molecule has 1 aliphatic rings. The van der Waals surface area contributed by atoms with E-state index in [0.717, 1.165) is 37.4 Å². The number of halogens is 1. The van der Waals surface area contributed by atoms with Gasteiger partial charge >= 0.3 is 0 Å². The minimum atomic E-state index is 0. The molecule has 0 aliphatic carbocycles. The molecule has 1 heterocycles. The van der Waals surface area contributed by atoms with Crippen LogP contribution in [0.4, 0.5) is 5.69 Å². The Morgan fingerprint density at radius 2 is 1.95 bits per heavy atom. The zero-order valence-electron chi connectivity index (χ0n) is 13.3. The Hall–Kier alpha value is -1.10. The molecule has 0 unspecified atom stereocenters. The number of nitrogens with one attached hydrogen (secondary N) is 2. The number of carbonyl (C=O) groups is 1. The van der Waals surface area contributed by atoms with Crippen molar-refractivity contribution in [3.05, 3.63) is 29.8 Å². The normalized spacial score (nSPS) is 15.1. The van der Waals surface area contributed by atoms with Crippen molar-refractivity contribution in [1.29, 1.82) is 0 Å². The average molecular weight is 327 g/mol. The zero-order chi connectivity index (χ0) is 14.9. The Morgan fingerprint density at radius 1 is 1.27 bits per heavy atom. The number of rotatable bonds is 7. The molecule has 1 saturated heterocycles. The average Bonchev–Trinajstić information content (AvgIpc) is 2.53. The van der Waals surface area contributed by atoms with Gasteiger partial charge in [-0.05, 0) is 62.9 Å². The number of hydrogen-bond donors (Lipinski definition) is 2. The third-order valence-electron chi connectivity index (χ3n) is 3.95. The van der Waals surface area contributed by atoms with Crippen molar-refractivity contribution in [2.24, 2.45) is 5.92 Å². The van der Waals surface area contributed by atoms with Crippen LogP contribution < -0.4 is 10.6 Å². The maximum Gasteiger partial charge on any atom is 0.224 e. The lowest BCUT2D eigenvalue weighted by Gasteiger charge is -2.22. The summed E-state index contributed by atoms with van der Waals surface area (Å²) in [6.07, 6.45) is 4.00. The second-order valence-electron chi connectivity index (χ2n) is 5.61. The van der Waals surface area contributed by atoms with E-state index in [1.807, 2.05) is 31.2 Å². The van der Waals surface area contributed by atoms with E-state index in [9.17, 15) is 4.79 Å². The van der Waals surface area contributed by atoms with Gasteiger partial charge in [0.15, 0.2) is 0 Å². The SMILES string of the molecule is CCOCc1ccc(NC(=O)CCC2CCNCC2)cc1.Cl. The van der Waals surface area contributed by atoms with Crippen LogP contribution in [0.1, 0.15) is 38.2 Å². The van der Waals surface area contributed by atoms with Crippen molar-refractivity contribution in [2.45, 2.75) is 39.2 Å². The molecule has 4 nitrogen and oxygen atoms in total. The predicted octanol–water partition coefficient (Wildman–Crippen LogP) is 3.36. The smallest absolute Gasteiger partial charge is 0.224 e. The van der Waals surface area contributed by atoms with Gasteiger partial charge in [0.05, 0.1) is 6.61 Å². The van der Waals surface area contributed by atoms with Crippen LogP contribution in [0.25, 0.3) is 0 Å². The van der Waals surface area contributed by atoms with Gasteiger partial charge in [-0.2, -0.15) is 0 Å². The quantitative estimate of drug-likeness (QED) is 0.807. The lowest BCUT2D eigenvalue weighted by Crippen LogP contribution is -2.28. The van der Waals surface area contributed by atoms with E-state index in [1.54, 1.807) is 0 Å². The molecule has 0 atom stereocenters. The molecule has 0 aromatic heterocycles. The van der Waals surface area contributed by atoms with Crippen LogP contribution in [0.5, 0.6) is 0 Å². The van der Waals surface area contributed by atoms with Crippen molar-refractivity contribution in [3.63, 3.8) is 0 Å². The Labute approximate surface area is 139 Å². The monoisotopic (exact) mass is 326 g/mol. The number of hydrogen-bond acceptors (Lipinski definition) is 3. The maximum atomic E-state index is 12.0. The molecule has 5 heteroatoms. The van der Waals surface area contributed by atoms with Crippen LogP contribution in [-0.2, 0) is 16.1 Å². The van der Waals surface area contributed by atoms with Crippen molar-refractivity contribution < 1.29 is 9.53 Å². The standard InChI is InChI=1S/C17H26N2O2.ClH/c1-2-21-13-15-3-6-16(7-4-15)19-17(20)8-5-14-9-11-18-12-10-14;/h3-4,6-7,14,18H,2,5,8-13H2,1H3,(H,19,20);1H. The topological polar surface area (TPSA) is 50.4 Å². The molecule has 2 N–H and O–H groups in total. The van der Waals surface area contributed by atoms with Gasteiger partial charge < -0.3 is 15.4 Å². The molecule has 22 heavy (non-hydrogen) atoms. The molecule has 0 spiro atoms. The van der Waals surface area contributed by atoms with Crippen LogP contribution in [0.3, 0.4) is 0 Å².